The van der Waals surface area contributed by atoms with Crippen LogP contribution in [0, 0.1) is 11.8 Å². The van der Waals surface area contributed by atoms with Gasteiger partial charge in [0, 0.05) is 19.6 Å². The second-order valence-corrected chi connectivity index (χ2v) is 5.65. The molecule has 2 unspecified atom stereocenters. The van der Waals surface area contributed by atoms with E-state index < -0.39 is 0 Å². The summed E-state index contributed by atoms with van der Waals surface area (Å²) >= 11 is 0. The Balaban J connectivity index is 1.64. The van der Waals surface area contributed by atoms with Gasteiger partial charge in [-0.2, -0.15) is 0 Å². The van der Waals surface area contributed by atoms with Crippen molar-refractivity contribution in [3.8, 4) is 0 Å². The van der Waals surface area contributed by atoms with Crippen LogP contribution in [-0.2, 0) is 13.0 Å². The van der Waals surface area contributed by atoms with Crippen molar-refractivity contribution < 1.29 is 0 Å². The van der Waals surface area contributed by atoms with Crippen LogP contribution in [0.25, 0.3) is 0 Å². The number of fused-ring (bicyclic) bond motifs is 1. The first-order chi connectivity index (χ1) is 8.33. The SMILES string of the molecule is CC1CNCC1CN1CCc2ccccc2C1. The fraction of sp³-hybridized carbons (Fsp3) is 0.600. The Morgan fingerprint density at radius 1 is 1.24 bits per heavy atom. The molecule has 0 radical (unpaired) electrons. The molecule has 3 rings (SSSR count). The van der Waals surface area contributed by atoms with E-state index in [4.69, 9.17) is 0 Å². The zero-order chi connectivity index (χ0) is 11.7. The van der Waals surface area contributed by atoms with Crippen LogP contribution in [0.3, 0.4) is 0 Å². The number of hydrogen-bond donors (Lipinski definition) is 1. The topological polar surface area (TPSA) is 15.3 Å². The van der Waals surface area contributed by atoms with Gasteiger partial charge in [0.1, 0.15) is 0 Å². The van der Waals surface area contributed by atoms with Crippen molar-refractivity contribution >= 4 is 0 Å². The van der Waals surface area contributed by atoms with Crippen LogP contribution in [0.4, 0.5) is 0 Å². The summed E-state index contributed by atoms with van der Waals surface area (Å²) in [6.45, 7) is 8.44. The van der Waals surface area contributed by atoms with Crippen LogP contribution in [0.5, 0.6) is 0 Å². The molecule has 2 aliphatic rings. The van der Waals surface area contributed by atoms with Gasteiger partial charge in [-0.3, -0.25) is 4.90 Å². The van der Waals surface area contributed by atoms with Crippen molar-refractivity contribution in [2.75, 3.05) is 26.2 Å². The molecule has 1 aromatic rings. The molecule has 2 aliphatic heterocycles. The Labute approximate surface area is 104 Å². The number of nitrogens with one attached hydrogen (secondary N) is 1. The minimum absolute atomic E-state index is 0.840. The third-order valence-electron chi connectivity index (χ3n) is 4.38. The van der Waals surface area contributed by atoms with E-state index in [1.54, 1.807) is 5.56 Å². The van der Waals surface area contributed by atoms with Gasteiger partial charge in [-0.25, -0.2) is 0 Å². The van der Waals surface area contributed by atoms with E-state index in [9.17, 15) is 0 Å². The van der Waals surface area contributed by atoms with Gasteiger partial charge >= 0.3 is 0 Å². The average Bonchev–Trinajstić information content (AvgIpc) is 2.75. The number of rotatable bonds is 2. The van der Waals surface area contributed by atoms with E-state index in [2.05, 4.69) is 41.4 Å². The molecule has 0 aliphatic carbocycles. The Bertz CT molecular complexity index is 388. The minimum atomic E-state index is 0.840. The van der Waals surface area contributed by atoms with E-state index in [1.165, 1.54) is 38.2 Å². The van der Waals surface area contributed by atoms with Gasteiger partial charge in [0.15, 0.2) is 0 Å². The summed E-state index contributed by atoms with van der Waals surface area (Å²) in [5.41, 5.74) is 3.10. The maximum atomic E-state index is 3.50. The smallest absolute Gasteiger partial charge is 0.0236 e. The first-order valence-corrected chi connectivity index (χ1v) is 6.83. The highest BCUT2D eigenvalue weighted by Crippen LogP contribution is 2.22. The molecule has 2 atom stereocenters. The molecular weight excluding hydrogens is 208 g/mol. The highest BCUT2D eigenvalue weighted by atomic mass is 15.1. The van der Waals surface area contributed by atoms with Gasteiger partial charge in [-0.1, -0.05) is 31.2 Å². The van der Waals surface area contributed by atoms with Gasteiger partial charge in [-0.05, 0) is 42.5 Å². The molecule has 0 amide bonds. The summed E-state index contributed by atoms with van der Waals surface area (Å²) in [5, 5.41) is 3.50. The van der Waals surface area contributed by atoms with Crippen molar-refractivity contribution in [2.45, 2.75) is 19.9 Å². The summed E-state index contributed by atoms with van der Waals surface area (Å²) in [7, 11) is 0. The maximum absolute atomic E-state index is 3.50. The molecular formula is C15H22N2. The van der Waals surface area contributed by atoms with Crippen molar-refractivity contribution in [3.05, 3.63) is 35.4 Å². The highest BCUT2D eigenvalue weighted by molar-refractivity contribution is 5.29. The molecule has 92 valence electrons. The number of benzene rings is 1. The van der Waals surface area contributed by atoms with E-state index >= 15 is 0 Å². The van der Waals surface area contributed by atoms with Gasteiger partial charge in [0.2, 0.25) is 0 Å². The van der Waals surface area contributed by atoms with Crippen LogP contribution < -0.4 is 5.32 Å². The van der Waals surface area contributed by atoms with E-state index in [-0.39, 0.29) is 0 Å². The van der Waals surface area contributed by atoms with Crippen LogP contribution >= 0.6 is 0 Å². The first kappa shape index (κ1) is 11.2. The first-order valence-electron chi connectivity index (χ1n) is 6.83. The van der Waals surface area contributed by atoms with Crippen LogP contribution in [0.1, 0.15) is 18.1 Å². The van der Waals surface area contributed by atoms with Gasteiger partial charge in [0.05, 0.1) is 0 Å². The highest BCUT2D eigenvalue weighted by Gasteiger charge is 2.26. The molecule has 17 heavy (non-hydrogen) atoms. The zero-order valence-corrected chi connectivity index (χ0v) is 10.7. The van der Waals surface area contributed by atoms with Crippen molar-refractivity contribution in [1.29, 1.82) is 0 Å². The Hall–Kier alpha value is -0.860. The summed E-state index contributed by atoms with van der Waals surface area (Å²) in [6.07, 6.45) is 1.23. The summed E-state index contributed by atoms with van der Waals surface area (Å²) in [5.74, 6) is 1.69. The average molecular weight is 230 g/mol. The second kappa shape index (κ2) is 4.79. The number of nitrogens with zero attached hydrogens (tertiary/aromatic N) is 1. The molecule has 2 nitrogen and oxygen atoms in total. The monoisotopic (exact) mass is 230 g/mol. The molecule has 1 N–H and O–H groups in total. The third-order valence-corrected chi connectivity index (χ3v) is 4.38. The molecule has 0 spiro atoms. The standard InChI is InChI=1S/C15H22N2/c1-12-8-16-9-15(12)11-17-7-6-13-4-2-3-5-14(13)10-17/h2-5,12,15-16H,6-11H2,1H3. The lowest BCUT2D eigenvalue weighted by molar-refractivity contribution is 0.202. The van der Waals surface area contributed by atoms with Crippen molar-refractivity contribution in [2.24, 2.45) is 11.8 Å². The van der Waals surface area contributed by atoms with Crippen molar-refractivity contribution in [1.82, 2.24) is 10.2 Å². The van der Waals surface area contributed by atoms with Crippen LogP contribution in [0.15, 0.2) is 24.3 Å². The molecule has 0 saturated carbocycles. The molecule has 0 bridgehead atoms. The fourth-order valence-corrected chi connectivity index (χ4v) is 3.15. The number of hydrogen-bond acceptors (Lipinski definition) is 2. The zero-order valence-electron chi connectivity index (χ0n) is 10.7. The van der Waals surface area contributed by atoms with Gasteiger partial charge in [-0.15, -0.1) is 0 Å². The molecule has 2 heteroatoms. The predicted octanol–water partition coefficient (Wildman–Crippen LogP) is 1.90. The molecule has 1 aromatic carbocycles. The lowest BCUT2D eigenvalue weighted by Crippen LogP contribution is -2.36. The third kappa shape index (κ3) is 2.38. The lowest BCUT2D eigenvalue weighted by atomic mass is 9.95. The minimum Gasteiger partial charge on any atom is -0.316 e. The molecule has 1 fully saturated rings. The maximum Gasteiger partial charge on any atom is 0.0236 e. The molecule has 1 saturated heterocycles. The Kier molecular flexibility index (Phi) is 3.17. The van der Waals surface area contributed by atoms with Gasteiger partial charge < -0.3 is 5.32 Å². The summed E-state index contributed by atoms with van der Waals surface area (Å²) < 4.78 is 0. The van der Waals surface area contributed by atoms with Gasteiger partial charge in [0.25, 0.3) is 0 Å². The van der Waals surface area contributed by atoms with Crippen molar-refractivity contribution in [3.63, 3.8) is 0 Å². The van der Waals surface area contributed by atoms with E-state index in [0.717, 1.165) is 18.4 Å². The predicted molar refractivity (Wildman–Crippen MR) is 70.9 cm³/mol. The second-order valence-electron chi connectivity index (χ2n) is 5.65. The van der Waals surface area contributed by atoms with E-state index in [1.807, 2.05) is 0 Å². The normalized spacial score (nSPS) is 29.2. The summed E-state index contributed by atoms with van der Waals surface area (Å²) in [6, 6.07) is 8.91. The molecule has 2 heterocycles. The van der Waals surface area contributed by atoms with E-state index in [0.29, 0.717) is 0 Å². The fourth-order valence-electron chi connectivity index (χ4n) is 3.15. The summed E-state index contributed by atoms with van der Waals surface area (Å²) in [4.78, 5) is 2.64. The van der Waals surface area contributed by atoms with Crippen LogP contribution in [0.2, 0.25) is 0 Å². The Morgan fingerprint density at radius 3 is 2.82 bits per heavy atom. The van der Waals surface area contributed by atoms with Crippen LogP contribution in [-0.4, -0.2) is 31.1 Å². The lowest BCUT2D eigenvalue weighted by Gasteiger charge is -2.31. The largest absolute Gasteiger partial charge is 0.316 e. The molecule has 0 aromatic heterocycles. The quantitative estimate of drug-likeness (QED) is 0.835. The Morgan fingerprint density at radius 2 is 2.06 bits per heavy atom.